The second-order valence-corrected chi connectivity index (χ2v) is 4.91. The van der Waals surface area contributed by atoms with Gasteiger partial charge in [0.2, 0.25) is 0 Å². The quantitative estimate of drug-likeness (QED) is 0.466. The SMILES string of the molecule is CCCCOCCOCCOCCNCC(C)CC. The van der Waals surface area contributed by atoms with Crippen LogP contribution in [0.15, 0.2) is 0 Å². The van der Waals surface area contributed by atoms with Gasteiger partial charge in [0.25, 0.3) is 0 Å². The summed E-state index contributed by atoms with van der Waals surface area (Å²) in [6.45, 7) is 12.9. The van der Waals surface area contributed by atoms with E-state index >= 15 is 0 Å². The first-order chi connectivity index (χ1) is 9.31. The molecule has 116 valence electrons. The van der Waals surface area contributed by atoms with Gasteiger partial charge in [-0.1, -0.05) is 33.6 Å². The molecule has 1 atom stereocenters. The predicted molar refractivity (Wildman–Crippen MR) is 79.7 cm³/mol. The van der Waals surface area contributed by atoms with Gasteiger partial charge in [0.15, 0.2) is 0 Å². The number of rotatable bonds is 15. The van der Waals surface area contributed by atoms with Crippen molar-refractivity contribution in [3.05, 3.63) is 0 Å². The first-order valence-electron chi connectivity index (χ1n) is 7.75. The van der Waals surface area contributed by atoms with Crippen molar-refractivity contribution in [3.8, 4) is 0 Å². The predicted octanol–water partition coefficient (Wildman–Crippen LogP) is 2.47. The Morgan fingerprint density at radius 1 is 0.842 bits per heavy atom. The molecule has 0 aliphatic heterocycles. The Morgan fingerprint density at radius 2 is 1.42 bits per heavy atom. The highest BCUT2D eigenvalue weighted by Gasteiger charge is 1.96. The third-order valence-corrected chi connectivity index (χ3v) is 3.00. The molecule has 1 unspecified atom stereocenters. The Bertz CT molecular complexity index is 167. The average molecular weight is 275 g/mol. The number of ether oxygens (including phenoxy) is 3. The molecule has 4 nitrogen and oxygen atoms in total. The topological polar surface area (TPSA) is 39.7 Å². The summed E-state index contributed by atoms with van der Waals surface area (Å²) in [6.07, 6.45) is 3.54. The third-order valence-electron chi connectivity index (χ3n) is 3.00. The molecule has 0 aromatic heterocycles. The lowest BCUT2D eigenvalue weighted by atomic mass is 10.1. The van der Waals surface area contributed by atoms with Gasteiger partial charge >= 0.3 is 0 Å². The van der Waals surface area contributed by atoms with Crippen LogP contribution in [0, 0.1) is 5.92 Å². The number of hydrogen-bond acceptors (Lipinski definition) is 4. The molecule has 0 aliphatic carbocycles. The summed E-state index contributed by atoms with van der Waals surface area (Å²) in [6, 6.07) is 0. The number of unbranched alkanes of at least 4 members (excludes halogenated alkanes) is 1. The van der Waals surface area contributed by atoms with Crippen LogP contribution in [0.25, 0.3) is 0 Å². The summed E-state index contributed by atoms with van der Waals surface area (Å²) in [7, 11) is 0. The van der Waals surface area contributed by atoms with Gasteiger partial charge in [0.1, 0.15) is 0 Å². The lowest BCUT2D eigenvalue weighted by Gasteiger charge is -2.10. The van der Waals surface area contributed by atoms with E-state index in [1.165, 1.54) is 12.8 Å². The van der Waals surface area contributed by atoms with E-state index in [2.05, 4.69) is 26.1 Å². The number of nitrogens with one attached hydrogen (secondary N) is 1. The van der Waals surface area contributed by atoms with Crippen LogP contribution in [-0.4, -0.2) is 52.7 Å². The van der Waals surface area contributed by atoms with E-state index in [1.54, 1.807) is 0 Å². The van der Waals surface area contributed by atoms with Crippen LogP contribution >= 0.6 is 0 Å². The van der Waals surface area contributed by atoms with Gasteiger partial charge in [-0.05, 0) is 18.9 Å². The van der Waals surface area contributed by atoms with Gasteiger partial charge in [0.05, 0.1) is 33.0 Å². The normalized spacial score (nSPS) is 12.8. The minimum atomic E-state index is 0.655. The molecule has 0 fully saturated rings. The Labute approximate surface area is 119 Å². The summed E-state index contributed by atoms with van der Waals surface area (Å²) in [5.74, 6) is 0.746. The van der Waals surface area contributed by atoms with E-state index < -0.39 is 0 Å². The molecule has 0 saturated heterocycles. The highest BCUT2D eigenvalue weighted by atomic mass is 16.5. The third kappa shape index (κ3) is 15.8. The summed E-state index contributed by atoms with van der Waals surface area (Å²) in [5, 5.41) is 3.38. The van der Waals surface area contributed by atoms with Crippen molar-refractivity contribution >= 4 is 0 Å². The monoisotopic (exact) mass is 275 g/mol. The Morgan fingerprint density at radius 3 is 2.00 bits per heavy atom. The molecule has 0 saturated carbocycles. The van der Waals surface area contributed by atoms with Crippen molar-refractivity contribution in [1.29, 1.82) is 0 Å². The van der Waals surface area contributed by atoms with Gasteiger partial charge in [-0.25, -0.2) is 0 Å². The maximum Gasteiger partial charge on any atom is 0.0701 e. The summed E-state index contributed by atoms with van der Waals surface area (Å²) in [4.78, 5) is 0. The molecule has 1 N–H and O–H groups in total. The van der Waals surface area contributed by atoms with E-state index in [-0.39, 0.29) is 0 Å². The maximum absolute atomic E-state index is 5.47. The van der Waals surface area contributed by atoms with E-state index in [1.807, 2.05) is 0 Å². The van der Waals surface area contributed by atoms with Crippen LogP contribution in [0.4, 0.5) is 0 Å². The van der Waals surface area contributed by atoms with Gasteiger partial charge in [0, 0.05) is 13.2 Å². The largest absolute Gasteiger partial charge is 0.379 e. The van der Waals surface area contributed by atoms with Crippen molar-refractivity contribution in [2.24, 2.45) is 5.92 Å². The standard InChI is InChI=1S/C15H33NO3/c1-4-6-8-17-10-12-19-13-11-18-9-7-16-14-15(3)5-2/h15-16H,4-14H2,1-3H3. The van der Waals surface area contributed by atoms with Crippen LogP contribution in [0.3, 0.4) is 0 Å². The van der Waals surface area contributed by atoms with Gasteiger partial charge in [-0.2, -0.15) is 0 Å². The van der Waals surface area contributed by atoms with Gasteiger partial charge < -0.3 is 19.5 Å². The molecule has 0 heterocycles. The van der Waals surface area contributed by atoms with Gasteiger partial charge in [-0.15, -0.1) is 0 Å². The molecule has 0 aromatic carbocycles. The van der Waals surface area contributed by atoms with E-state index in [0.717, 1.165) is 38.6 Å². The van der Waals surface area contributed by atoms with Crippen LogP contribution in [-0.2, 0) is 14.2 Å². The minimum Gasteiger partial charge on any atom is -0.379 e. The highest BCUT2D eigenvalue weighted by molar-refractivity contribution is 4.53. The van der Waals surface area contributed by atoms with Crippen molar-refractivity contribution in [1.82, 2.24) is 5.32 Å². The van der Waals surface area contributed by atoms with Crippen molar-refractivity contribution in [2.45, 2.75) is 40.0 Å². The molecule has 0 spiro atoms. The molecule has 0 rings (SSSR count). The minimum absolute atomic E-state index is 0.655. The smallest absolute Gasteiger partial charge is 0.0701 e. The van der Waals surface area contributed by atoms with Crippen molar-refractivity contribution in [2.75, 3.05) is 52.7 Å². The zero-order chi connectivity index (χ0) is 14.2. The lowest BCUT2D eigenvalue weighted by molar-refractivity contribution is 0.0146. The molecule has 0 radical (unpaired) electrons. The van der Waals surface area contributed by atoms with Crippen LogP contribution in [0.1, 0.15) is 40.0 Å². The highest BCUT2D eigenvalue weighted by Crippen LogP contribution is 1.96. The fraction of sp³-hybridized carbons (Fsp3) is 1.00. The molecular formula is C15H33NO3. The summed E-state index contributed by atoms with van der Waals surface area (Å²) < 4.78 is 16.3. The van der Waals surface area contributed by atoms with Gasteiger partial charge in [-0.3, -0.25) is 0 Å². The fourth-order valence-electron chi connectivity index (χ4n) is 1.43. The lowest BCUT2D eigenvalue weighted by Crippen LogP contribution is -2.25. The van der Waals surface area contributed by atoms with E-state index in [4.69, 9.17) is 14.2 Å². The van der Waals surface area contributed by atoms with Crippen LogP contribution in [0.2, 0.25) is 0 Å². The molecule has 0 aromatic rings. The van der Waals surface area contributed by atoms with Crippen LogP contribution in [0.5, 0.6) is 0 Å². The van der Waals surface area contributed by atoms with E-state index in [9.17, 15) is 0 Å². The number of hydrogen-bond donors (Lipinski definition) is 1. The second-order valence-electron chi connectivity index (χ2n) is 4.91. The molecule has 0 aliphatic rings. The van der Waals surface area contributed by atoms with Crippen molar-refractivity contribution in [3.63, 3.8) is 0 Å². The summed E-state index contributed by atoms with van der Waals surface area (Å²) in [5.41, 5.74) is 0. The molecule has 19 heavy (non-hydrogen) atoms. The first-order valence-corrected chi connectivity index (χ1v) is 7.75. The average Bonchev–Trinajstić information content (AvgIpc) is 2.43. The fourth-order valence-corrected chi connectivity index (χ4v) is 1.43. The zero-order valence-corrected chi connectivity index (χ0v) is 13.1. The Hall–Kier alpha value is -0.160. The molecule has 4 heteroatoms. The van der Waals surface area contributed by atoms with Crippen molar-refractivity contribution < 1.29 is 14.2 Å². The Balaban J connectivity index is 2.95. The first kappa shape index (κ1) is 18.8. The second kappa shape index (κ2) is 15.9. The van der Waals surface area contributed by atoms with Crippen LogP contribution < -0.4 is 5.32 Å². The molecular weight excluding hydrogens is 242 g/mol. The Kier molecular flexibility index (Phi) is 15.8. The maximum atomic E-state index is 5.47. The molecule has 0 amide bonds. The molecule has 0 bridgehead atoms. The summed E-state index contributed by atoms with van der Waals surface area (Å²) >= 11 is 0. The van der Waals surface area contributed by atoms with E-state index in [0.29, 0.717) is 26.4 Å². The zero-order valence-electron chi connectivity index (χ0n) is 13.1.